The smallest absolute Gasteiger partial charge is 0.335 e. The standard InChI is InChI=1S/C14H16O3/c15-14(16)12-7-4-8-13(9-12)17-10-11-5-2-1-3-6-11/h4-5,7-9H,1-3,6,10H2,(H,15,16). The molecule has 3 heteroatoms. The van der Waals surface area contributed by atoms with E-state index < -0.39 is 5.97 Å². The van der Waals surface area contributed by atoms with Crippen LogP contribution in [0.5, 0.6) is 5.75 Å². The van der Waals surface area contributed by atoms with Gasteiger partial charge in [0, 0.05) is 0 Å². The molecule has 0 heterocycles. The third-order valence-corrected chi connectivity index (χ3v) is 2.89. The highest BCUT2D eigenvalue weighted by Crippen LogP contribution is 2.19. The van der Waals surface area contributed by atoms with Crippen LogP contribution in [-0.2, 0) is 0 Å². The first-order valence-electron chi connectivity index (χ1n) is 5.90. The molecular weight excluding hydrogens is 216 g/mol. The monoisotopic (exact) mass is 232 g/mol. The molecule has 0 radical (unpaired) electrons. The van der Waals surface area contributed by atoms with Gasteiger partial charge in [0.1, 0.15) is 12.4 Å². The van der Waals surface area contributed by atoms with Gasteiger partial charge in [-0.3, -0.25) is 0 Å². The summed E-state index contributed by atoms with van der Waals surface area (Å²) in [6, 6.07) is 6.62. The molecule has 0 fully saturated rings. The predicted molar refractivity (Wildman–Crippen MR) is 65.4 cm³/mol. The highest BCUT2D eigenvalue weighted by Gasteiger charge is 2.06. The summed E-state index contributed by atoms with van der Waals surface area (Å²) >= 11 is 0. The first-order valence-corrected chi connectivity index (χ1v) is 5.90. The molecule has 17 heavy (non-hydrogen) atoms. The van der Waals surface area contributed by atoms with E-state index in [1.54, 1.807) is 24.3 Å². The maximum atomic E-state index is 10.8. The Bertz CT molecular complexity index is 435. The molecule has 0 bridgehead atoms. The van der Waals surface area contributed by atoms with E-state index in [4.69, 9.17) is 9.84 Å². The summed E-state index contributed by atoms with van der Waals surface area (Å²) in [5.41, 5.74) is 1.58. The number of hydrogen-bond acceptors (Lipinski definition) is 2. The second-order valence-corrected chi connectivity index (χ2v) is 4.23. The van der Waals surface area contributed by atoms with Crippen LogP contribution in [0, 0.1) is 0 Å². The molecule has 1 N–H and O–H groups in total. The van der Waals surface area contributed by atoms with Crippen LogP contribution in [0.4, 0.5) is 0 Å². The molecule has 3 nitrogen and oxygen atoms in total. The number of allylic oxidation sites excluding steroid dienone is 1. The minimum absolute atomic E-state index is 0.264. The number of carboxylic acid groups (broad SMARTS) is 1. The summed E-state index contributed by atoms with van der Waals surface area (Å²) in [4.78, 5) is 10.8. The molecule has 0 saturated carbocycles. The Morgan fingerprint density at radius 3 is 2.94 bits per heavy atom. The SMILES string of the molecule is O=C(O)c1cccc(OCC2=CCCCC2)c1. The molecule has 0 atom stereocenters. The Morgan fingerprint density at radius 1 is 1.35 bits per heavy atom. The van der Waals surface area contributed by atoms with Gasteiger partial charge in [-0.1, -0.05) is 12.1 Å². The van der Waals surface area contributed by atoms with Crippen molar-refractivity contribution in [1.82, 2.24) is 0 Å². The minimum Gasteiger partial charge on any atom is -0.489 e. The molecule has 90 valence electrons. The second kappa shape index (κ2) is 5.53. The molecule has 1 aliphatic carbocycles. The van der Waals surface area contributed by atoms with Gasteiger partial charge >= 0.3 is 5.97 Å². The van der Waals surface area contributed by atoms with Crippen LogP contribution in [0.1, 0.15) is 36.0 Å². The lowest BCUT2D eigenvalue weighted by Gasteiger charge is -2.13. The largest absolute Gasteiger partial charge is 0.489 e. The molecular formula is C14H16O3. The summed E-state index contributed by atoms with van der Waals surface area (Å²) in [6.07, 6.45) is 6.94. The second-order valence-electron chi connectivity index (χ2n) is 4.23. The van der Waals surface area contributed by atoms with Gasteiger partial charge < -0.3 is 9.84 Å². The van der Waals surface area contributed by atoms with E-state index in [0.717, 1.165) is 12.8 Å². The maximum Gasteiger partial charge on any atom is 0.335 e. The molecule has 1 aromatic carbocycles. The Labute approximate surface area is 101 Å². The molecule has 0 spiro atoms. The van der Waals surface area contributed by atoms with E-state index in [2.05, 4.69) is 6.08 Å². The van der Waals surface area contributed by atoms with Crippen molar-refractivity contribution in [3.63, 3.8) is 0 Å². The fourth-order valence-corrected chi connectivity index (χ4v) is 1.93. The summed E-state index contributed by atoms with van der Waals surface area (Å²) < 4.78 is 5.60. The average Bonchev–Trinajstić information content (AvgIpc) is 2.38. The van der Waals surface area contributed by atoms with Crippen molar-refractivity contribution in [2.75, 3.05) is 6.61 Å². The zero-order valence-electron chi connectivity index (χ0n) is 9.69. The molecule has 0 aliphatic heterocycles. The van der Waals surface area contributed by atoms with E-state index in [0.29, 0.717) is 12.4 Å². The number of hydrogen-bond donors (Lipinski definition) is 1. The van der Waals surface area contributed by atoms with Gasteiger partial charge in [0.05, 0.1) is 5.56 Å². The van der Waals surface area contributed by atoms with E-state index in [1.165, 1.54) is 18.4 Å². The molecule has 2 rings (SSSR count). The first kappa shape index (κ1) is 11.7. The third-order valence-electron chi connectivity index (χ3n) is 2.89. The number of aromatic carboxylic acids is 1. The number of carboxylic acids is 1. The van der Waals surface area contributed by atoms with Gasteiger partial charge in [0.15, 0.2) is 0 Å². The van der Waals surface area contributed by atoms with E-state index in [1.807, 2.05) is 0 Å². The fourth-order valence-electron chi connectivity index (χ4n) is 1.93. The molecule has 1 aliphatic rings. The van der Waals surface area contributed by atoms with Crippen LogP contribution in [0.2, 0.25) is 0 Å². The maximum absolute atomic E-state index is 10.8. The lowest BCUT2D eigenvalue weighted by molar-refractivity contribution is 0.0696. The van der Waals surface area contributed by atoms with Crippen molar-refractivity contribution in [3.8, 4) is 5.75 Å². The number of ether oxygens (including phenoxy) is 1. The molecule has 0 saturated heterocycles. The van der Waals surface area contributed by atoms with E-state index in [9.17, 15) is 4.79 Å². The van der Waals surface area contributed by atoms with E-state index in [-0.39, 0.29) is 5.56 Å². The van der Waals surface area contributed by atoms with E-state index >= 15 is 0 Å². The molecule has 0 amide bonds. The Morgan fingerprint density at radius 2 is 2.24 bits per heavy atom. The average molecular weight is 232 g/mol. The number of benzene rings is 1. The van der Waals surface area contributed by atoms with Crippen LogP contribution in [0.25, 0.3) is 0 Å². The van der Waals surface area contributed by atoms with Crippen molar-refractivity contribution in [2.45, 2.75) is 25.7 Å². The van der Waals surface area contributed by atoms with Crippen LogP contribution in [-0.4, -0.2) is 17.7 Å². The lowest BCUT2D eigenvalue weighted by Crippen LogP contribution is -2.05. The van der Waals surface area contributed by atoms with Gasteiger partial charge in [-0.15, -0.1) is 0 Å². The molecule has 0 unspecified atom stereocenters. The lowest BCUT2D eigenvalue weighted by atomic mass is 10.0. The topological polar surface area (TPSA) is 46.5 Å². The summed E-state index contributed by atoms with van der Waals surface area (Å²) in [5, 5.41) is 8.86. The highest BCUT2D eigenvalue weighted by molar-refractivity contribution is 5.87. The van der Waals surface area contributed by atoms with Crippen LogP contribution >= 0.6 is 0 Å². The van der Waals surface area contributed by atoms with Gasteiger partial charge in [0.25, 0.3) is 0 Å². The zero-order chi connectivity index (χ0) is 12.1. The normalized spacial score (nSPS) is 15.2. The quantitative estimate of drug-likeness (QED) is 0.810. The minimum atomic E-state index is -0.924. The summed E-state index contributed by atoms with van der Waals surface area (Å²) in [5.74, 6) is -0.302. The molecule has 0 aromatic heterocycles. The number of rotatable bonds is 4. The Hall–Kier alpha value is -1.77. The Balaban J connectivity index is 1.96. The van der Waals surface area contributed by atoms with Gasteiger partial charge in [-0.2, -0.15) is 0 Å². The van der Waals surface area contributed by atoms with Crippen molar-refractivity contribution < 1.29 is 14.6 Å². The van der Waals surface area contributed by atoms with Gasteiger partial charge in [-0.25, -0.2) is 4.79 Å². The van der Waals surface area contributed by atoms with Crippen molar-refractivity contribution >= 4 is 5.97 Å². The van der Waals surface area contributed by atoms with Gasteiger partial charge in [-0.05, 0) is 49.5 Å². The van der Waals surface area contributed by atoms with Crippen molar-refractivity contribution in [1.29, 1.82) is 0 Å². The van der Waals surface area contributed by atoms with Gasteiger partial charge in [0.2, 0.25) is 0 Å². The van der Waals surface area contributed by atoms with Crippen LogP contribution < -0.4 is 4.74 Å². The van der Waals surface area contributed by atoms with Crippen LogP contribution in [0.15, 0.2) is 35.9 Å². The first-order chi connectivity index (χ1) is 8.25. The summed E-state index contributed by atoms with van der Waals surface area (Å²) in [6.45, 7) is 0.572. The van der Waals surface area contributed by atoms with Crippen molar-refractivity contribution in [3.05, 3.63) is 41.5 Å². The Kier molecular flexibility index (Phi) is 3.81. The van der Waals surface area contributed by atoms with Crippen molar-refractivity contribution in [2.24, 2.45) is 0 Å². The third kappa shape index (κ3) is 3.34. The summed E-state index contributed by atoms with van der Waals surface area (Å²) in [7, 11) is 0. The zero-order valence-corrected chi connectivity index (χ0v) is 9.69. The molecule has 1 aromatic rings. The predicted octanol–water partition coefficient (Wildman–Crippen LogP) is 3.26. The fraction of sp³-hybridized carbons (Fsp3) is 0.357. The highest BCUT2D eigenvalue weighted by atomic mass is 16.5. The number of carbonyl (C=O) groups is 1. The van der Waals surface area contributed by atoms with Crippen LogP contribution in [0.3, 0.4) is 0 Å².